The molecular formula is C24H29ClO8. The molecule has 0 aromatic heterocycles. The molecule has 33 heavy (non-hydrogen) atoms. The van der Waals surface area contributed by atoms with Gasteiger partial charge in [-0.25, -0.2) is 0 Å². The first-order valence-corrected chi connectivity index (χ1v) is 11.3. The highest BCUT2D eigenvalue weighted by atomic mass is 35.5. The van der Waals surface area contributed by atoms with Crippen molar-refractivity contribution in [1.82, 2.24) is 0 Å². The van der Waals surface area contributed by atoms with Crippen LogP contribution in [0.2, 0.25) is 5.02 Å². The molecule has 0 bridgehead atoms. The topological polar surface area (TPSA) is 118 Å². The quantitative estimate of drug-likeness (QED) is 0.469. The maximum Gasteiger partial charge on any atom is 0.224 e. The van der Waals surface area contributed by atoms with Gasteiger partial charge in [0.05, 0.1) is 19.8 Å². The van der Waals surface area contributed by atoms with Crippen LogP contribution in [0.15, 0.2) is 42.5 Å². The van der Waals surface area contributed by atoms with Gasteiger partial charge in [-0.05, 0) is 41.8 Å². The normalized spacial score (nSPS) is 32.1. The van der Waals surface area contributed by atoms with Crippen LogP contribution in [0.5, 0.6) is 5.75 Å². The van der Waals surface area contributed by atoms with E-state index in [-0.39, 0.29) is 6.10 Å². The molecule has 4 rings (SSSR count). The average Bonchev–Trinajstić information content (AvgIpc) is 3.34. The van der Waals surface area contributed by atoms with E-state index >= 15 is 0 Å². The SMILES string of the molecule is CO[C@]1(c2ccc(Cl)c(Cc3ccc(O[C@H]4CCOC4)cc3)c2)O[C@@H](CO)[C@H](O)[C@@H](O)[C@@H]1O. The molecule has 0 amide bonds. The average molecular weight is 481 g/mol. The summed E-state index contributed by atoms with van der Waals surface area (Å²) >= 11 is 6.45. The van der Waals surface area contributed by atoms with Crippen LogP contribution in [-0.4, -0.2) is 77.9 Å². The summed E-state index contributed by atoms with van der Waals surface area (Å²) in [5.74, 6) is -1.01. The van der Waals surface area contributed by atoms with Crippen molar-refractivity contribution in [3.8, 4) is 5.75 Å². The molecule has 2 aliphatic heterocycles. The minimum absolute atomic E-state index is 0.0748. The van der Waals surface area contributed by atoms with Crippen LogP contribution < -0.4 is 4.74 Å². The van der Waals surface area contributed by atoms with Gasteiger partial charge in [0.25, 0.3) is 0 Å². The Morgan fingerprint density at radius 1 is 1.09 bits per heavy atom. The maximum atomic E-state index is 10.7. The van der Waals surface area contributed by atoms with Gasteiger partial charge >= 0.3 is 0 Å². The molecule has 2 aromatic rings. The van der Waals surface area contributed by atoms with Crippen LogP contribution in [0.4, 0.5) is 0 Å². The molecule has 2 saturated heterocycles. The predicted molar refractivity (Wildman–Crippen MR) is 119 cm³/mol. The van der Waals surface area contributed by atoms with Crippen LogP contribution in [-0.2, 0) is 26.4 Å². The smallest absolute Gasteiger partial charge is 0.224 e. The summed E-state index contributed by atoms with van der Waals surface area (Å²) in [6, 6.07) is 12.7. The third-order valence-corrected chi connectivity index (χ3v) is 6.58. The zero-order valence-corrected chi connectivity index (χ0v) is 19.0. The van der Waals surface area contributed by atoms with Gasteiger partial charge in [-0.15, -0.1) is 0 Å². The first-order chi connectivity index (χ1) is 15.9. The fourth-order valence-electron chi connectivity index (χ4n) is 4.30. The van der Waals surface area contributed by atoms with Crippen LogP contribution in [0, 0.1) is 0 Å². The van der Waals surface area contributed by atoms with Crippen molar-refractivity contribution in [2.75, 3.05) is 26.9 Å². The summed E-state index contributed by atoms with van der Waals surface area (Å²) in [7, 11) is 1.32. The zero-order valence-electron chi connectivity index (χ0n) is 18.3. The third kappa shape index (κ3) is 4.89. The fraction of sp³-hybridized carbons (Fsp3) is 0.500. The Labute approximate surface area is 197 Å². The molecule has 0 spiro atoms. The van der Waals surface area contributed by atoms with Gasteiger partial charge < -0.3 is 39.4 Å². The minimum Gasteiger partial charge on any atom is -0.488 e. The summed E-state index contributed by atoms with van der Waals surface area (Å²) in [4.78, 5) is 0. The van der Waals surface area contributed by atoms with Gasteiger partial charge in [-0.3, -0.25) is 0 Å². The lowest BCUT2D eigenvalue weighted by Gasteiger charge is -2.47. The molecule has 0 unspecified atom stereocenters. The van der Waals surface area contributed by atoms with Crippen LogP contribution in [0.1, 0.15) is 23.1 Å². The van der Waals surface area contributed by atoms with E-state index in [4.69, 9.17) is 30.5 Å². The van der Waals surface area contributed by atoms with Gasteiger partial charge in [-0.1, -0.05) is 29.8 Å². The summed E-state index contributed by atoms with van der Waals surface area (Å²) in [6.07, 6.45) is -4.33. The van der Waals surface area contributed by atoms with Crippen LogP contribution >= 0.6 is 11.6 Å². The summed E-state index contributed by atoms with van der Waals surface area (Å²) < 4.78 is 22.5. The molecule has 2 fully saturated rings. The monoisotopic (exact) mass is 480 g/mol. The molecule has 0 radical (unpaired) electrons. The van der Waals surface area contributed by atoms with E-state index in [1.807, 2.05) is 24.3 Å². The molecule has 2 heterocycles. The van der Waals surface area contributed by atoms with E-state index in [2.05, 4.69) is 0 Å². The number of halogens is 1. The number of methoxy groups -OCH3 is 1. The molecule has 2 aliphatic rings. The van der Waals surface area contributed by atoms with E-state index in [1.165, 1.54) is 7.11 Å². The van der Waals surface area contributed by atoms with Crippen molar-refractivity contribution in [1.29, 1.82) is 0 Å². The van der Waals surface area contributed by atoms with Crippen LogP contribution in [0.25, 0.3) is 0 Å². The zero-order chi connectivity index (χ0) is 23.6. The summed E-state index contributed by atoms with van der Waals surface area (Å²) in [5.41, 5.74) is 2.15. The van der Waals surface area contributed by atoms with Crippen molar-refractivity contribution in [2.24, 2.45) is 0 Å². The van der Waals surface area contributed by atoms with Gasteiger partial charge in [0, 0.05) is 24.1 Å². The molecular weight excluding hydrogens is 452 g/mol. The van der Waals surface area contributed by atoms with Crippen molar-refractivity contribution in [3.05, 3.63) is 64.2 Å². The third-order valence-electron chi connectivity index (χ3n) is 6.21. The Bertz CT molecular complexity index is 931. The highest BCUT2D eigenvalue weighted by molar-refractivity contribution is 6.31. The number of hydrogen-bond donors (Lipinski definition) is 4. The lowest BCUT2D eigenvalue weighted by atomic mass is 9.87. The van der Waals surface area contributed by atoms with Gasteiger partial charge in [0.2, 0.25) is 5.79 Å². The van der Waals surface area contributed by atoms with E-state index < -0.39 is 36.8 Å². The fourth-order valence-corrected chi connectivity index (χ4v) is 4.48. The number of aliphatic hydroxyl groups is 4. The Kier molecular flexibility index (Phi) is 7.57. The Hall–Kier alpha value is -1.75. The second-order valence-corrected chi connectivity index (χ2v) is 8.77. The molecule has 9 heteroatoms. The first kappa shape index (κ1) is 24.4. The lowest BCUT2D eigenvalue weighted by molar-refractivity contribution is -0.366. The highest BCUT2D eigenvalue weighted by Gasteiger charge is 2.55. The lowest BCUT2D eigenvalue weighted by Crippen LogP contribution is -2.64. The number of ether oxygens (including phenoxy) is 4. The van der Waals surface area contributed by atoms with Gasteiger partial charge in [0.1, 0.15) is 36.3 Å². The standard InChI is InChI=1S/C24H29ClO8/c1-30-24(23(29)22(28)21(27)20(12-26)33-24)16-4-7-19(25)15(11-16)10-14-2-5-17(6-3-14)32-18-8-9-31-13-18/h2-7,11,18,20-23,26-29H,8-10,12-13H2,1H3/t18-,20-,21-,22+,23-,24+/m0/s1. The van der Waals surface area contributed by atoms with Gasteiger partial charge in [0.15, 0.2) is 0 Å². The largest absolute Gasteiger partial charge is 0.488 e. The molecule has 2 aromatic carbocycles. The minimum atomic E-state index is -1.79. The number of benzene rings is 2. The molecule has 0 saturated carbocycles. The van der Waals surface area contributed by atoms with Gasteiger partial charge in [-0.2, -0.15) is 0 Å². The summed E-state index contributed by atoms with van der Waals surface area (Å²) in [6.45, 7) is 0.758. The van der Waals surface area contributed by atoms with Crippen molar-refractivity contribution in [3.63, 3.8) is 0 Å². The van der Waals surface area contributed by atoms with E-state index in [9.17, 15) is 20.4 Å². The maximum absolute atomic E-state index is 10.7. The van der Waals surface area contributed by atoms with E-state index in [0.29, 0.717) is 30.2 Å². The van der Waals surface area contributed by atoms with Crippen molar-refractivity contribution >= 4 is 11.6 Å². The molecule has 8 nitrogen and oxygen atoms in total. The summed E-state index contributed by atoms with van der Waals surface area (Å²) in [5, 5.41) is 41.3. The molecule has 180 valence electrons. The van der Waals surface area contributed by atoms with Crippen LogP contribution in [0.3, 0.4) is 0 Å². The Balaban J connectivity index is 1.57. The van der Waals surface area contributed by atoms with Crippen molar-refractivity contribution in [2.45, 2.75) is 49.1 Å². The second kappa shape index (κ2) is 10.2. The number of aliphatic hydroxyl groups excluding tert-OH is 4. The second-order valence-electron chi connectivity index (χ2n) is 8.37. The van der Waals surface area contributed by atoms with E-state index in [0.717, 1.165) is 23.3 Å². The molecule has 6 atom stereocenters. The predicted octanol–water partition coefficient (Wildman–Crippen LogP) is 1.37. The Morgan fingerprint density at radius 3 is 2.48 bits per heavy atom. The molecule has 4 N–H and O–H groups in total. The first-order valence-electron chi connectivity index (χ1n) is 10.9. The van der Waals surface area contributed by atoms with E-state index in [1.54, 1.807) is 18.2 Å². The number of hydrogen-bond acceptors (Lipinski definition) is 8. The van der Waals surface area contributed by atoms with Crippen molar-refractivity contribution < 1.29 is 39.4 Å². The Morgan fingerprint density at radius 2 is 1.85 bits per heavy atom. The number of rotatable bonds is 7. The highest BCUT2D eigenvalue weighted by Crippen LogP contribution is 2.40. The molecule has 0 aliphatic carbocycles.